The molecule has 1 rings (SSSR count). The van der Waals surface area contributed by atoms with E-state index in [9.17, 15) is 0 Å². The molecule has 11 heavy (non-hydrogen) atoms. The highest BCUT2D eigenvalue weighted by molar-refractivity contribution is 9.15. The van der Waals surface area contributed by atoms with Gasteiger partial charge in [0.25, 0.3) is 0 Å². The van der Waals surface area contributed by atoms with Crippen LogP contribution < -0.4 is 0 Å². The number of nitrogens with zero attached hydrogens (tertiary/aromatic N) is 1. The van der Waals surface area contributed by atoms with Crippen molar-refractivity contribution in [3.05, 3.63) is 30.1 Å². The second-order valence-electron chi connectivity index (χ2n) is 2.04. The van der Waals surface area contributed by atoms with E-state index >= 15 is 0 Å². The van der Waals surface area contributed by atoms with Gasteiger partial charge >= 0.3 is 0 Å². The number of H-pyrrole nitrogens is 1. The second-order valence-corrected chi connectivity index (χ2v) is 2.90. The Morgan fingerprint density at radius 3 is 3.09 bits per heavy atom. The van der Waals surface area contributed by atoms with Crippen molar-refractivity contribution >= 4 is 26.5 Å². The van der Waals surface area contributed by atoms with Crippen LogP contribution in [0.15, 0.2) is 18.9 Å². The Morgan fingerprint density at radius 1 is 1.82 bits per heavy atom. The van der Waals surface area contributed by atoms with E-state index in [1.807, 2.05) is 13.0 Å². The minimum Gasteiger partial charge on any atom is -0.277 e. The van der Waals surface area contributed by atoms with Crippen molar-refractivity contribution in [1.29, 1.82) is 0 Å². The van der Waals surface area contributed by atoms with E-state index in [-0.39, 0.29) is 0 Å². The summed E-state index contributed by atoms with van der Waals surface area (Å²) < 4.78 is 1.00. The molecule has 1 N–H and O–H groups in total. The number of aromatic nitrogens is 2. The number of halogens is 1. The lowest BCUT2D eigenvalue weighted by Crippen LogP contribution is -1.79. The van der Waals surface area contributed by atoms with Gasteiger partial charge < -0.3 is 0 Å². The predicted octanol–water partition coefficient (Wildman–Crippen LogP) is 2.81. The molecule has 0 unspecified atom stereocenters. The molecule has 3 heteroatoms. The quantitative estimate of drug-likeness (QED) is 0.803. The molecule has 0 saturated heterocycles. The second kappa shape index (κ2) is 3.53. The van der Waals surface area contributed by atoms with E-state index in [1.165, 1.54) is 0 Å². The summed E-state index contributed by atoms with van der Waals surface area (Å²) in [5.74, 6) is 0. The van der Waals surface area contributed by atoms with Crippen LogP contribution in [-0.2, 0) is 0 Å². The zero-order chi connectivity index (χ0) is 8.27. The molecule has 0 radical (unpaired) electrons. The lowest BCUT2D eigenvalue weighted by molar-refractivity contribution is 1.08. The summed E-state index contributed by atoms with van der Waals surface area (Å²) in [5, 5.41) is 6.77. The Bertz CT molecular complexity index is 286. The van der Waals surface area contributed by atoms with Crippen LogP contribution in [-0.4, -0.2) is 10.2 Å². The molecule has 0 aliphatic carbocycles. The van der Waals surface area contributed by atoms with Crippen LogP contribution in [0.3, 0.4) is 0 Å². The van der Waals surface area contributed by atoms with Gasteiger partial charge in [0.1, 0.15) is 0 Å². The molecule has 0 aliphatic heterocycles. The van der Waals surface area contributed by atoms with Gasteiger partial charge in [-0.05, 0) is 22.9 Å². The summed E-state index contributed by atoms with van der Waals surface area (Å²) >= 11 is 3.40. The van der Waals surface area contributed by atoms with Crippen molar-refractivity contribution < 1.29 is 0 Å². The number of hydrogen-bond acceptors (Lipinski definition) is 1. The number of hydrogen-bond donors (Lipinski definition) is 1. The minimum absolute atomic E-state index is 0.975. The molecule has 1 heterocycles. The van der Waals surface area contributed by atoms with E-state index in [4.69, 9.17) is 0 Å². The number of aromatic amines is 1. The molecule has 1 aromatic rings. The third-order valence-electron chi connectivity index (χ3n) is 1.38. The maximum Gasteiger partial charge on any atom is 0.0788 e. The highest BCUT2D eigenvalue weighted by atomic mass is 79.9. The molecule has 0 aliphatic rings. The Morgan fingerprint density at radius 2 is 2.55 bits per heavy atom. The van der Waals surface area contributed by atoms with Gasteiger partial charge in [0.15, 0.2) is 0 Å². The SMILES string of the molecule is C=Cc1cn[nH]c1/C(Br)=C\C. The van der Waals surface area contributed by atoms with Gasteiger partial charge in [-0.15, -0.1) is 0 Å². The van der Waals surface area contributed by atoms with E-state index < -0.39 is 0 Å². The maximum absolute atomic E-state index is 3.89. The molecule has 2 nitrogen and oxygen atoms in total. The first kappa shape index (κ1) is 8.27. The van der Waals surface area contributed by atoms with Crippen LogP contribution in [0.2, 0.25) is 0 Å². The molecule has 58 valence electrons. The monoisotopic (exact) mass is 212 g/mol. The lowest BCUT2D eigenvalue weighted by atomic mass is 10.2. The Balaban J connectivity index is 3.12. The van der Waals surface area contributed by atoms with E-state index in [0.29, 0.717) is 0 Å². The first-order valence-electron chi connectivity index (χ1n) is 3.27. The normalized spacial score (nSPS) is 11.6. The highest BCUT2D eigenvalue weighted by Crippen LogP contribution is 2.22. The fraction of sp³-hybridized carbons (Fsp3) is 0.125. The minimum atomic E-state index is 0.975. The summed E-state index contributed by atoms with van der Waals surface area (Å²) in [6.07, 6.45) is 5.47. The maximum atomic E-state index is 3.89. The first-order chi connectivity index (χ1) is 5.29. The smallest absolute Gasteiger partial charge is 0.0788 e. The van der Waals surface area contributed by atoms with Crippen LogP contribution in [0.25, 0.3) is 10.6 Å². The standard InChI is InChI=1S/C8H9BrN2/c1-3-6-5-10-11-8(6)7(9)4-2/h3-5H,1H2,2H3,(H,10,11)/b7-4+. The number of allylic oxidation sites excluding steroid dienone is 1. The molecular weight excluding hydrogens is 204 g/mol. The van der Waals surface area contributed by atoms with Crippen LogP contribution in [0.5, 0.6) is 0 Å². The Hall–Kier alpha value is -0.830. The topological polar surface area (TPSA) is 28.7 Å². The molecule has 0 fully saturated rings. The summed E-state index contributed by atoms with van der Waals surface area (Å²) in [7, 11) is 0. The molecule has 0 saturated carbocycles. The fourth-order valence-corrected chi connectivity index (χ4v) is 1.10. The zero-order valence-corrected chi connectivity index (χ0v) is 7.85. The largest absolute Gasteiger partial charge is 0.277 e. The molecule has 0 amide bonds. The molecule has 0 spiro atoms. The van der Waals surface area contributed by atoms with Crippen molar-refractivity contribution in [2.45, 2.75) is 6.92 Å². The summed E-state index contributed by atoms with van der Waals surface area (Å²) in [6.45, 7) is 5.63. The van der Waals surface area contributed by atoms with Crippen molar-refractivity contribution in [3.63, 3.8) is 0 Å². The van der Waals surface area contributed by atoms with Crippen molar-refractivity contribution in [3.8, 4) is 0 Å². The van der Waals surface area contributed by atoms with E-state index in [0.717, 1.165) is 15.7 Å². The van der Waals surface area contributed by atoms with E-state index in [1.54, 1.807) is 12.3 Å². The van der Waals surface area contributed by atoms with Crippen molar-refractivity contribution in [2.24, 2.45) is 0 Å². The molecule has 0 atom stereocenters. The van der Waals surface area contributed by atoms with Gasteiger partial charge in [0.2, 0.25) is 0 Å². The predicted molar refractivity (Wildman–Crippen MR) is 51.3 cm³/mol. The third-order valence-corrected chi connectivity index (χ3v) is 2.24. The van der Waals surface area contributed by atoms with Gasteiger partial charge in [0, 0.05) is 10.0 Å². The van der Waals surface area contributed by atoms with Crippen LogP contribution in [0, 0.1) is 0 Å². The average Bonchev–Trinajstić information content (AvgIpc) is 2.50. The van der Waals surface area contributed by atoms with Gasteiger partial charge in [-0.1, -0.05) is 18.7 Å². The average molecular weight is 213 g/mol. The van der Waals surface area contributed by atoms with Crippen LogP contribution in [0.1, 0.15) is 18.2 Å². The van der Waals surface area contributed by atoms with Gasteiger partial charge in [-0.25, -0.2) is 0 Å². The van der Waals surface area contributed by atoms with Crippen LogP contribution >= 0.6 is 15.9 Å². The molecule has 0 aromatic carbocycles. The van der Waals surface area contributed by atoms with E-state index in [2.05, 4.69) is 32.7 Å². The number of rotatable bonds is 2. The van der Waals surface area contributed by atoms with Crippen LogP contribution in [0.4, 0.5) is 0 Å². The zero-order valence-electron chi connectivity index (χ0n) is 6.26. The highest BCUT2D eigenvalue weighted by Gasteiger charge is 2.02. The van der Waals surface area contributed by atoms with Crippen molar-refractivity contribution in [1.82, 2.24) is 10.2 Å². The van der Waals surface area contributed by atoms with Crippen molar-refractivity contribution in [2.75, 3.05) is 0 Å². The Labute approximate surface area is 74.1 Å². The Kier molecular flexibility index (Phi) is 2.65. The summed E-state index contributed by atoms with van der Waals surface area (Å²) in [5.41, 5.74) is 1.98. The third kappa shape index (κ3) is 1.60. The lowest BCUT2D eigenvalue weighted by Gasteiger charge is -1.94. The van der Waals surface area contributed by atoms with Gasteiger partial charge in [0.05, 0.1) is 11.9 Å². The number of nitrogens with one attached hydrogen (secondary N) is 1. The van der Waals surface area contributed by atoms with Gasteiger partial charge in [-0.3, -0.25) is 5.10 Å². The fourth-order valence-electron chi connectivity index (χ4n) is 0.786. The van der Waals surface area contributed by atoms with Gasteiger partial charge in [-0.2, -0.15) is 5.10 Å². The molecule has 1 aromatic heterocycles. The molecule has 0 bridgehead atoms. The first-order valence-corrected chi connectivity index (χ1v) is 4.07. The summed E-state index contributed by atoms with van der Waals surface area (Å²) in [6, 6.07) is 0. The summed E-state index contributed by atoms with van der Waals surface area (Å²) in [4.78, 5) is 0. The molecular formula is C8H9BrN2.